The van der Waals surface area contributed by atoms with Crippen molar-refractivity contribution in [2.75, 3.05) is 20.3 Å². The van der Waals surface area contributed by atoms with Gasteiger partial charge >= 0.3 is 0 Å². The molecule has 0 amide bonds. The van der Waals surface area contributed by atoms with E-state index >= 15 is 0 Å². The van der Waals surface area contributed by atoms with Crippen LogP contribution in [0.2, 0.25) is 0 Å². The molecule has 0 aromatic carbocycles. The van der Waals surface area contributed by atoms with Gasteiger partial charge < -0.3 is 14.6 Å². The first-order chi connectivity index (χ1) is 8.35. The van der Waals surface area contributed by atoms with Crippen molar-refractivity contribution in [2.24, 2.45) is 29.6 Å². The molecule has 3 heteroatoms. The number of methoxy groups -OCH3 is 1. The largest absolute Gasteiger partial charge is 0.396 e. The molecule has 1 N–H and O–H groups in total. The zero-order valence-electron chi connectivity index (χ0n) is 10.7. The van der Waals surface area contributed by atoms with Crippen LogP contribution in [0.1, 0.15) is 32.1 Å². The Morgan fingerprint density at radius 3 is 2.76 bits per heavy atom. The summed E-state index contributed by atoms with van der Waals surface area (Å²) in [5, 5.41) is 9.74. The number of fused-ring (bicyclic) bond motifs is 2. The SMILES string of the molecule is COC1OCC2C1CC1CCCCC1C2CO. The van der Waals surface area contributed by atoms with E-state index in [2.05, 4.69) is 0 Å². The molecule has 1 heterocycles. The second-order valence-corrected chi connectivity index (χ2v) is 6.06. The Balaban J connectivity index is 1.80. The molecular formula is C14H24O3. The van der Waals surface area contributed by atoms with Gasteiger partial charge in [-0.2, -0.15) is 0 Å². The fraction of sp³-hybridized carbons (Fsp3) is 1.00. The first kappa shape index (κ1) is 11.9. The van der Waals surface area contributed by atoms with Gasteiger partial charge in [0.25, 0.3) is 0 Å². The summed E-state index contributed by atoms with van der Waals surface area (Å²) in [5.74, 6) is 3.07. The molecule has 1 saturated heterocycles. The molecule has 0 radical (unpaired) electrons. The Bertz CT molecular complexity index is 268. The smallest absolute Gasteiger partial charge is 0.160 e. The molecule has 3 nitrogen and oxygen atoms in total. The van der Waals surface area contributed by atoms with E-state index in [-0.39, 0.29) is 6.29 Å². The van der Waals surface area contributed by atoms with Crippen molar-refractivity contribution in [1.82, 2.24) is 0 Å². The summed E-state index contributed by atoms with van der Waals surface area (Å²) in [5.41, 5.74) is 0. The van der Waals surface area contributed by atoms with Gasteiger partial charge in [0.15, 0.2) is 6.29 Å². The van der Waals surface area contributed by atoms with Crippen molar-refractivity contribution < 1.29 is 14.6 Å². The highest BCUT2D eigenvalue weighted by Gasteiger charge is 2.50. The molecular weight excluding hydrogens is 216 g/mol. The molecule has 1 aliphatic heterocycles. The summed E-state index contributed by atoms with van der Waals surface area (Å²) in [6, 6.07) is 0. The highest BCUT2D eigenvalue weighted by Crippen LogP contribution is 2.52. The van der Waals surface area contributed by atoms with Gasteiger partial charge in [0, 0.05) is 19.6 Å². The molecule has 3 aliphatic rings. The predicted molar refractivity (Wildman–Crippen MR) is 64.4 cm³/mol. The second kappa shape index (κ2) is 4.87. The van der Waals surface area contributed by atoms with Crippen molar-refractivity contribution >= 4 is 0 Å². The lowest BCUT2D eigenvalue weighted by atomic mass is 9.58. The minimum atomic E-state index is -0.0167. The Kier molecular flexibility index (Phi) is 3.42. The van der Waals surface area contributed by atoms with Gasteiger partial charge in [-0.15, -0.1) is 0 Å². The average molecular weight is 240 g/mol. The van der Waals surface area contributed by atoms with Gasteiger partial charge in [-0.3, -0.25) is 0 Å². The molecule has 0 spiro atoms. The minimum Gasteiger partial charge on any atom is -0.396 e. The van der Waals surface area contributed by atoms with Gasteiger partial charge in [0.2, 0.25) is 0 Å². The summed E-state index contributed by atoms with van der Waals surface area (Å²) in [4.78, 5) is 0. The third-order valence-electron chi connectivity index (χ3n) is 5.44. The number of hydrogen-bond acceptors (Lipinski definition) is 3. The number of hydrogen-bond donors (Lipinski definition) is 1. The molecule has 6 unspecified atom stereocenters. The van der Waals surface area contributed by atoms with Crippen molar-refractivity contribution in [3.05, 3.63) is 0 Å². The minimum absolute atomic E-state index is 0.0167. The van der Waals surface area contributed by atoms with Crippen LogP contribution in [-0.4, -0.2) is 31.7 Å². The standard InChI is InChI=1S/C14H24O3/c1-16-14-11-6-9-4-2-3-5-10(9)12(7-15)13(11)8-17-14/h9-15H,2-8H2,1H3. The normalized spacial score (nSPS) is 49.8. The molecule has 3 rings (SSSR count). The number of aliphatic hydroxyl groups is 1. The van der Waals surface area contributed by atoms with Gasteiger partial charge in [-0.05, 0) is 36.5 Å². The van der Waals surface area contributed by atoms with Crippen LogP contribution >= 0.6 is 0 Å². The fourth-order valence-corrected chi connectivity index (χ4v) is 4.66. The van der Waals surface area contributed by atoms with Crippen LogP contribution < -0.4 is 0 Å². The maximum Gasteiger partial charge on any atom is 0.160 e. The van der Waals surface area contributed by atoms with E-state index in [9.17, 15) is 5.11 Å². The second-order valence-electron chi connectivity index (χ2n) is 6.06. The lowest BCUT2D eigenvalue weighted by Crippen LogP contribution is -2.44. The average Bonchev–Trinajstić information content (AvgIpc) is 2.78. The molecule has 17 heavy (non-hydrogen) atoms. The number of ether oxygens (including phenoxy) is 2. The topological polar surface area (TPSA) is 38.7 Å². The van der Waals surface area contributed by atoms with E-state index in [1.807, 2.05) is 0 Å². The van der Waals surface area contributed by atoms with E-state index in [4.69, 9.17) is 9.47 Å². The van der Waals surface area contributed by atoms with Crippen LogP contribution in [0.5, 0.6) is 0 Å². The van der Waals surface area contributed by atoms with Gasteiger partial charge in [0.05, 0.1) is 6.61 Å². The van der Waals surface area contributed by atoms with Crippen LogP contribution in [0.4, 0.5) is 0 Å². The van der Waals surface area contributed by atoms with Gasteiger partial charge in [-0.1, -0.05) is 19.3 Å². The molecule has 0 aromatic rings. The maximum absolute atomic E-state index is 9.74. The highest BCUT2D eigenvalue weighted by molar-refractivity contribution is 4.96. The predicted octanol–water partition coefficient (Wildman–Crippen LogP) is 2.04. The Morgan fingerprint density at radius 2 is 2.00 bits per heavy atom. The quantitative estimate of drug-likeness (QED) is 0.802. The van der Waals surface area contributed by atoms with Crippen molar-refractivity contribution in [2.45, 2.75) is 38.4 Å². The Labute approximate surface area is 103 Å². The molecule has 0 bridgehead atoms. The summed E-state index contributed by atoms with van der Waals surface area (Å²) in [7, 11) is 1.74. The molecule has 2 aliphatic carbocycles. The lowest BCUT2D eigenvalue weighted by molar-refractivity contribution is -0.120. The summed E-state index contributed by atoms with van der Waals surface area (Å²) >= 11 is 0. The molecule has 0 aromatic heterocycles. The monoisotopic (exact) mass is 240 g/mol. The van der Waals surface area contributed by atoms with E-state index in [0.717, 1.165) is 18.4 Å². The van der Waals surface area contributed by atoms with Crippen LogP contribution in [0.15, 0.2) is 0 Å². The molecule has 2 saturated carbocycles. The van der Waals surface area contributed by atoms with E-state index < -0.39 is 0 Å². The summed E-state index contributed by atoms with van der Waals surface area (Å²) in [6.07, 6.45) is 6.62. The maximum atomic E-state index is 9.74. The third-order valence-corrected chi connectivity index (χ3v) is 5.44. The van der Waals surface area contributed by atoms with Crippen LogP contribution in [0.25, 0.3) is 0 Å². The number of aliphatic hydroxyl groups excluding tert-OH is 1. The molecule has 3 fully saturated rings. The zero-order valence-corrected chi connectivity index (χ0v) is 10.7. The third kappa shape index (κ3) is 1.92. The Morgan fingerprint density at radius 1 is 1.18 bits per heavy atom. The Hall–Kier alpha value is -0.120. The van der Waals surface area contributed by atoms with Gasteiger partial charge in [0.1, 0.15) is 0 Å². The van der Waals surface area contributed by atoms with Gasteiger partial charge in [-0.25, -0.2) is 0 Å². The van der Waals surface area contributed by atoms with Crippen LogP contribution in [-0.2, 0) is 9.47 Å². The van der Waals surface area contributed by atoms with Crippen molar-refractivity contribution in [3.8, 4) is 0 Å². The highest BCUT2D eigenvalue weighted by atomic mass is 16.7. The van der Waals surface area contributed by atoms with Crippen LogP contribution in [0, 0.1) is 29.6 Å². The molecule has 98 valence electrons. The first-order valence-corrected chi connectivity index (χ1v) is 7.10. The number of rotatable bonds is 2. The van der Waals surface area contributed by atoms with Crippen LogP contribution in [0.3, 0.4) is 0 Å². The lowest BCUT2D eigenvalue weighted by Gasteiger charge is -2.46. The van der Waals surface area contributed by atoms with E-state index in [0.29, 0.717) is 24.4 Å². The van der Waals surface area contributed by atoms with Crippen molar-refractivity contribution in [3.63, 3.8) is 0 Å². The molecule has 6 atom stereocenters. The first-order valence-electron chi connectivity index (χ1n) is 7.10. The van der Waals surface area contributed by atoms with E-state index in [1.165, 1.54) is 32.1 Å². The fourth-order valence-electron chi connectivity index (χ4n) is 4.66. The summed E-state index contributed by atoms with van der Waals surface area (Å²) in [6.45, 7) is 1.12. The zero-order chi connectivity index (χ0) is 11.8. The summed E-state index contributed by atoms with van der Waals surface area (Å²) < 4.78 is 11.2. The van der Waals surface area contributed by atoms with E-state index in [1.54, 1.807) is 7.11 Å². The van der Waals surface area contributed by atoms with Crippen molar-refractivity contribution in [1.29, 1.82) is 0 Å².